The van der Waals surface area contributed by atoms with Gasteiger partial charge in [0.05, 0.1) is 6.04 Å². The standard InChI is InChI=1S/C37H28N2O/c40-37-35-25-31(38(27-13-5-1-6-14-27)28-15-7-2-8-16-28)21-23-33(35)34-24-22-32(26-36(34)37)39(29-17-9-3-10-18-29)30-19-11-4-12-20-30/h1-19,21-26,30H,20H2. The summed E-state index contributed by atoms with van der Waals surface area (Å²) >= 11 is 0. The van der Waals surface area contributed by atoms with Crippen molar-refractivity contribution < 1.29 is 4.79 Å². The summed E-state index contributed by atoms with van der Waals surface area (Å²) in [5, 5.41) is 0. The van der Waals surface area contributed by atoms with Crippen molar-refractivity contribution in [1.29, 1.82) is 0 Å². The molecule has 3 heteroatoms. The molecule has 5 aromatic carbocycles. The zero-order valence-corrected chi connectivity index (χ0v) is 22.0. The summed E-state index contributed by atoms with van der Waals surface area (Å²) < 4.78 is 0. The van der Waals surface area contributed by atoms with Crippen LogP contribution >= 0.6 is 0 Å². The fourth-order valence-electron chi connectivity index (χ4n) is 5.82. The lowest BCUT2D eigenvalue weighted by Crippen LogP contribution is -2.29. The van der Waals surface area contributed by atoms with Crippen molar-refractivity contribution >= 4 is 34.2 Å². The predicted molar refractivity (Wildman–Crippen MR) is 165 cm³/mol. The normalized spacial score (nSPS) is 15.0. The molecule has 0 radical (unpaired) electrons. The van der Waals surface area contributed by atoms with E-state index in [1.54, 1.807) is 0 Å². The fourth-order valence-corrected chi connectivity index (χ4v) is 5.82. The summed E-state index contributed by atoms with van der Waals surface area (Å²) in [4.78, 5) is 18.5. The van der Waals surface area contributed by atoms with Crippen LogP contribution in [0, 0.1) is 0 Å². The second-order valence-electron chi connectivity index (χ2n) is 10.1. The van der Waals surface area contributed by atoms with Gasteiger partial charge in [0.25, 0.3) is 0 Å². The number of anilines is 5. The Morgan fingerprint density at radius 3 is 1.57 bits per heavy atom. The summed E-state index contributed by atoms with van der Waals surface area (Å²) in [6.07, 6.45) is 9.53. The summed E-state index contributed by atoms with van der Waals surface area (Å²) in [5.74, 6) is 0.0712. The molecule has 3 nitrogen and oxygen atoms in total. The maximum absolute atomic E-state index is 14.0. The van der Waals surface area contributed by atoms with Crippen LogP contribution in [-0.4, -0.2) is 11.8 Å². The number of hydrogen-bond donors (Lipinski definition) is 0. The molecule has 1 atom stereocenters. The summed E-state index contributed by atoms with van der Waals surface area (Å²) in [6, 6.07) is 43.7. The van der Waals surface area contributed by atoms with Gasteiger partial charge in [-0.1, -0.05) is 91.0 Å². The van der Waals surface area contributed by atoms with E-state index in [9.17, 15) is 4.79 Å². The van der Waals surface area contributed by atoms with Gasteiger partial charge >= 0.3 is 0 Å². The van der Waals surface area contributed by atoms with Gasteiger partial charge in [-0.05, 0) is 78.2 Å². The first kappa shape index (κ1) is 23.9. The van der Waals surface area contributed by atoms with Crippen molar-refractivity contribution in [1.82, 2.24) is 0 Å². The van der Waals surface area contributed by atoms with E-state index in [0.29, 0.717) is 0 Å². The van der Waals surface area contributed by atoms with Crippen LogP contribution in [0.5, 0.6) is 0 Å². The minimum Gasteiger partial charge on any atom is -0.334 e. The Kier molecular flexibility index (Phi) is 6.10. The quantitative estimate of drug-likeness (QED) is 0.220. The third-order valence-electron chi connectivity index (χ3n) is 7.67. The molecule has 40 heavy (non-hydrogen) atoms. The molecule has 0 spiro atoms. The lowest BCUT2D eigenvalue weighted by atomic mass is 10.0. The van der Waals surface area contributed by atoms with Crippen molar-refractivity contribution in [2.24, 2.45) is 0 Å². The molecule has 2 aliphatic carbocycles. The number of rotatable bonds is 6. The molecule has 0 saturated heterocycles. The number of nitrogens with zero attached hydrogens (tertiary/aromatic N) is 2. The average Bonchev–Trinajstić information content (AvgIpc) is 3.30. The molecule has 5 aromatic rings. The molecular formula is C37H28N2O. The molecule has 0 N–H and O–H groups in total. The van der Waals surface area contributed by atoms with Gasteiger partial charge in [-0.15, -0.1) is 0 Å². The minimum absolute atomic E-state index is 0.0712. The second-order valence-corrected chi connectivity index (χ2v) is 10.1. The Morgan fingerprint density at radius 1 is 0.500 bits per heavy atom. The molecule has 192 valence electrons. The molecule has 7 rings (SSSR count). The third kappa shape index (κ3) is 4.22. The number of fused-ring (bicyclic) bond motifs is 3. The van der Waals surface area contributed by atoms with Crippen LogP contribution in [0.4, 0.5) is 28.4 Å². The molecule has 0 saturated carbocycles. The Bertz CT molecular complexity index is 1700. The van der Waals surface area contributed by atoms with E-state index >= 15 is 0 Å². The summed E-state index contributed by atoms with van der Waals surface area (Å²) in [5.41, 5.74) is 8.67. The molecule has 0 aromatic heterocycles. The zero-order valence-electron chi connectivity index (χ0n) is 22.0. The number of hydrogen-bond acceptors (Lipinski definition) is 3. The van der Waals surface area contributed by atoms with Gasteiger partial charge < -0.3 is 9.80 Å². The van der Waals surface area contributed by atoms with Gasteiger partial charge in [-0.2, -0.15) is 0 Å². The first-order chi connectivity index (χ1) is 19.8. The third-order valence-corrected chi connectivity index (χ3v) is 7.67. The monoisotopic (exact) mass is 516 g/mol. The Hall–Kier alpha value is -5.15. The SMILES string of the molecule is O=C1c2cc(N(c3ccccc3)c3ccccc3)ccc2-c2ccc(N(c3ccccc3)C3C=CC=CC3)cc21. The van der Waals surface area contributed by atoms with E-state index in [1.807, 2.05) is 48.5 Å². The molecule has 0 bridgehead atoms. The molecule has 0 amide bonds. The molecule has 0 heterocycles. The van der Waals surface area contributed by atoms with Crippen LogP contribution in [0.15, 0.2) is 152 Å². The first-order valence-electron chi connectivity index (χ1n) is 13.7. The molecule has 2 aliphatic rings. The van der Waals surface area contributed by atoms with Gasteiger partial charge in [0.2, 0.25) is 0 Å². The van der Waals surface area contributed by atoms with Crippen molar-refractivity contribution in [2.75, 3.05) is 9.80 Å². The number of carbonyl (C=O) groups excluding carboxylic acids is 1. The largest absolute Gasteiger partial charge is 0.334 e. The number of benzene rings is 5. The van der Waals surface area contributed by atoms with Crippen LogP contribution < -0.4 is 9.80 Å². The number of para-hydroxylation sites is 3. The van der Waals surface area contributed by atoms with Crippen molar-refractivity contribution in [3.8, 4) is 11.1 Å². The van der Waals surface area contributed by atoms with E-state index in [4.69, 9.17) is 0 Å². The van der Waals surface area contributed by atoms with E-state index < -0.39 is 0 Å². The number of allylic oxidation sites excluding steroid dienone is 2. The highest BCUT2D eigenvalue weighted by molar-refractivity contribution is 6.22. The van der Waals surface area contributed by atoms with Crippen LogP contribution in [-0.2, 0) is 0 Å². The van der Waals surface area contributed by atoms with Crippen molar-refractivity contribution in [3.63, 3.8) is 0 Å². The van der Waals surface area contributed by atoms with Crippen LogP contribution in [0.2, 0.25) is 0 Å². The van der Waals surface area contributed by atoms with Crippen molar-refractivity contribution in [3.05, 3.63) is 163 Å². The Balaban J connectivity index is 1.29. The van der Waals surface area contributed by atoms with Crippen molar-refractivity contribution in [2.45, 2.75) is 12.5 Å². The summed E-state index contributed by atoms with van der Waals surface area (Å²) in [7, 11) is 0. The zero-order chi connectivity index (χ0) is 26.9. The van der Waals surface area contributed by atoms with E-state index in [-0.39, 0.29) is 11.8 Å². The Morgan fingerprint density at radius 2 is 1.02 bits per heavy atom. The van der Waals surface area contributed by atoms with E-state index in [1.165, 1.54) is 0 Å². The van der Waals surface area contributed by atoms with E-state index in [0.717, 1.165) is 57.1 Å². The van der Waals surface area contributed by atoms with Gasteiger partial charge in [-0.25, -0.2) is 0 Å². The fraction of sp³-hybridized carbons (Fsp3) is 0.0541. The van der Waals surface area contributed by atoms with Crippen LogP contribution in [0.25, 0.3) is 11.1 Å². The molecular weight excluding hydrogens is 488 g/mol. The molecule has 0 fully saturated rings. The highest BCUT2D eigenvalue weighted by Gasteiger charge is 2.30. The summed E-state index contributed by atoms with van der Waals surface area (Å²) in [6.45, 7) is 0. The predicted octanol–water partition coefficient (Wildman–Crippen LogP) is 9.39. The number of ketones is 1. The first-order valence-corrected chi connectivity index (χ1v) is 13.7. The smallest absolute Gasteiger partial charge is 0.194 e. The number of carbonyl (C=O) groups is 1. The van der Waals surface area contributed by atoms with Crippen LogP contribution in [0.3, 0.4) is 0 Å². The highest BCUT2D eigenvalue weighted by Crippen LogP contribution is 2.43. The minimum atomic E-state index is 0.0712. The lowest BCUT2D eigenvalue weighted by Gasteiger charge is -2.32. The van der Waals surface area contributed by atoms with Crippen LogP contribution in [0.1, 0.15) is 22.3 Å². The highest BCUT2D eigenvalue weighted by atomic mass is 16.1. The van der Waals surface area contributed by atoms with Gasteiger partial charge in [0.1, 0.15) is 0 Å². The second kappa shape index (κ2) is 10.2. The Labute approximate surface area is 235 Å². The lowest BCUT2D eigenvalue weighted by molar-refractivity contribution is 0.104. The van der Waals surface area contributed by atoms with Gasteiger partial charge in [0, 0.05) is 39.6 Å². The molecule has 0 aliphatic heterocycles. The molecule has 1 unspecified atom stereocenters. The van der Waals surface area contributed by atoms with Gasteiger partial charge in [0.15, 0.2) is 5.78 Å². The average molecular weight is 517 g/mol. The maximum atomic E-state index is 14.0. The van der Waals surface area contributed by atoms with E-state index in [2.05, 4.69) is 113 Å². The maximum Gasteiger partial charge on any atom is 0.194 e. The van der Waals surface area contributed by atoms with Gasteiger partial charge in [-0.3, -0.25) is 4.79 Å². The topological polar surface area (TPSA) is 23.6 Å².